The lowest BCUT2D eigenvalue weighted by Crippen LogP contribution is -2.23. The molecular weight excluding hydrogens is 421 g/mol. The molecule has 0 saturated heterocycles. The highest BCUT2D eigenvalue weighted by Crippen LogP contribution is 2.29. The van der Waals surface area contributed by atoms with Gasteiger partial charge in [0.15, 0.2) is 11.0 Å². The minimum Gasteiger partial charge on any atom is -0.324 e. The smallest absolute Gasteiger partial charge is 0.271 e. The van der Waals surface area contributed by atoms with Gasteiger partial charge in [-0.1, -0.05) is 23.4 Å². The molecular formula is C18H15ClFN5O3S. The number of nitrogens with zero attached hydrogens (tertiary/aromatic N) is 4. The summed E-state index contributed by atoms with van der Waals surface area (Å²) in [4.78, 5) is 22.7. The van der Waals surface area contributed by atoms with Crippen molar-refractivity contribution in [2.24, 2.45) is 7.05 Å². The zero-order valence-electron chi connectivity index (χ0n) is 15.3. The molecule has 0 saturated carbocycles. The van der Waals surface area contributed by atoms with Crippen molar-refractivity contribution in [3.8, 4) is 11.4 Å². The van der Waals surface area contributed by atoms with E-state index in [9.17, 15) is 19.3 Å². The summed E-state index contributed by atoms with van der Waals surface area (Å²) >= 11 is 7.19. The van der Waals surface area contributed by atoms with Gasteiger partial charge in [0.25, 0.3) is 5.69 Å². The monoisotopic (exact) mass is 435 g/mol. The van der Waals surface area contributed by atoms with Crippen molar-refractivity contribution in [1.82, 2.24) is 14.8 Å². The zero-order valence-corrected chi connectivity index (χ0v) is 16.9. The lowest BCUT2D eigenvalue weighted by Gasteiger charge is -2.12. The number of benzene rings is 2. The molecule has 0 spiro atoms. The van der Waals surface area contributed by atoms with Gasteiger partial charge in [0, 0.05) is 24.7 Å². The number of hydrogen-bond donors (Lipinski definition) is 1. The fraction of sp³-hybridized carbons (Fsp3) is 0.167. The van der Waals surface area contributed by atoms with Crippen molar-refractivity contribution >= 4 is 40.6 Å². The van der Waals surface area contributed by atoms with Crippen LogP contribution in [0.5, 0.6) is 0 Å². The second-order valence-corrected chi connectivity index (χ2v) is 7.76. The SMILES string of the molecule is CC(Sc1nnc(-c2ccc(F)cc2)n1C)C(=O)Nc1ccc([N+](=O)[O-])cc1Cl. The van der Waals surface area contributed by atoms with E-state index in [4.69, 9.17) is 11.6 Å². The quantitative estimate of drug-likeness (QED) is 0.351. The third-order valence-electron chi connectivity index (χ3n) is 4.01. The third-order valence-corrected chi connectivity index (χ3v) is 5.46. The summed E-state index contributed by atoms with van der Waals surface area (Å²) in [6.07, 6.45) is 0. The lowest BCUT2D eigenvalue weighted by atomic mass is 10.2. The summed E-state index contributed by atoms with van der Waals surface area (Å²) in [6, 6.07) is 9.68. The maximum atomic E-state index is 13.1. The number of carbonyl (C=O) groups excluding carboxylic acids is 1. The van der Waals surface area contributed by atoms with Gasteiger partial charge in [-0.15, -0.1) is 10.2 Å². The molecule has 3 rings (SSSR count). The van der Waals surface area contributed by atoms with E-state index in [2.05, 4.69) is 15.5 Å². The van der Waals surface area contributed by atoms with Crippen molar-refractivity contribution in [1.29, 1.82) is 0 Å². The number of anilines is 1. The molecule has 1 N–H and O–H groups in total. The molecule has 8 nitrogen and oxygen atoms in total. The van der Waals surface area contributed by atoms with Gasteiger partial charge in [-0.3, -0.25) is 14.9 Å². The molecule has 2 aromatic carbocycles. The Morgan fingerprint density at radius 2 is 1.97 bits per heavy atom. The molecule has 1 aromatic heterocycles. The van der Waals surface area contributed by atoms with Crippen LogP contribution in [0.25, 0.3) is 11.4 Å². The van der Waals surface area contributed by atoms with Gasteiger partial charge in [-0.05, 0) is 37.3 Å². The van der Waals surface area contributed by atoms with Gasteiger partial charge < -0.3 is 9.88 Å². The Kier molecular flexibility index (Phi) is 6.14. The van der Waals surface area contributed by atoms with Crippen LogP contribution in [0.4, 0.5) is 15.8 Å². The second-order valence-electron chi connectivity index (χ2n) is 6.04. The average molecular weight is 436 g/mol. The van der Waals surface area contributed by atoms with Gasteiger partial charge in [-0.2, -0.15) is 0 Å². The topological polar surface area (TPSA) is 103 Å². The number of aromatic nitrogens is 3. The van der Waals surface area contributed by atoms with Crippen molar-refractivity contribution in [3.05, 3.63) is 63.4 Å². The van der Waals surface area contributed by atoms with Crippen LogP contribution < -0.4 is 5.32 Å². The number of nitro groups is 1. The van der Waals surface area contributed by atoms with Gasteiger partial charge in [-0.25, -0.2) is 4.39 Å². The van der Waals surface area contributed by atoms with Crippen molar-refractivity contribution < 1.29 is 14.1 Å². The van der Waals surface area contributed by atoms with Crippen LogP contribution in [0.3, 0.4) is 0 Å². The first kappa shape index (κ1) is 20.7. The van der Waals surface area contributed by atoms with Crippen LogP contribution in [0, 0.1) is 15.9 Å². The van der Waals surface area contributed by atoms with Gasteiger partial charge in [0.05, 0.1) is 20.9 Å². The molecule has 1 heterocycles. The van der Waals surface area contributed by atoms with E-state index < -0.39 is 10.2 Å². The lowest BCUT2D eigenvalue weighted by molar-refractivity contribution is -0.384. The van der Waals surface area contributed by atoms with E-state index in [1.165, 1.54) is 42.1 Å². The van der Waals surface area contributed by atoms with Gasteiger partial charge in [0.1, 0.15) is 5.82 Å². The summed E-state index contributed by atoms with van der Waals surface area (Å²) in [7, 11) is 1.75. The molecule has 0 aliphatic carbocycles. The van der Waals surface area contributed by atoms with E-state index in [-0.39, 0.29) is 28.1 Å². The molecule has 29 heavy (non-hydrogen) atoms. The Morgan fingerprint density at radius 3 is 2.59 bits per heavy atom. The standard InChI is InChI=1S/C18H15ClFN5O3S/c1-10(17(26)21-15-8-7-13(25(27)28)9-14(15)19)29-18-23-22-16(24(18)2)11-3-5-12(20)6-4-11/h3-10H,1-2H3,(H,21,26). The fourth-order valence-corrected chi connectivity index (χ4v) is 3.47. The summed E-state index contributed by atoms with van der Waals surface area (Å²) in [5.41, 5.74) is 0.811. The number of carbonyl (C=O) groups is 1. The van der Waals surface area contributed by atoms with Crippen LogP contribution in [0.15, 0.2) is 47.6 Å². The summed E-state index contributed by atoms with van der Waals surface area (Å²) in [5, 5.41) is 21.6. The predicted molar refractivity (Wildman–Crippen MR) is 108 cm³/mol. The number of nitrogens with one attached hydrogen (secondary N) is 1. The van der Waals surface area contributed by atoms with Gasteiger partial charge >= 0.3 is 0 Å². The normalized spacial score (nSPS) is 11.9. The van der Waals surface area contributed by atoms with E-state index in [0.717, 1.165) is 0 Å². The minimum absolute atomic E-state index is 0.0713. The largest absolute Gasteiger partial charge is 0.324 e. The molecule has 0 radical (unpaired) electrons. The average Bonchev–Trinajstić information content (AvgIpc) is 3.04. The number of amides is 1. The van der Waals surface area contributed by atoms with E-state index in [1.54, 1.807) is 30.7 Å². The van der Waals surface area contributed by atoms with Gasteiger partial charge in [0.2, 0.25) is 5.91 Å². The van der Waals surface area contributed by atoms with Crippen LogP contribution in [0.2, 0.25) is 5.02 Å². The first-order valence-corrected chi connectivity index (χ1v) is 9.59. The summed E-state index contributed by atoms with van der Waals surface area (Å²) in [5.74, 6) is -0.156. The summed E-state index contributed by atoms with van der Waals surface area (Å²) in [6.45, 7) is 1.69. The molecule has 1 amide bonds. The Labute approximate surface area is 174 Å². The molecule has 0 aliphatic rings. The Hall–Kier alpha value is -2.98. The van der Waals surface area contributed by atoms with E-state index in [0.29, 0.717) is 16.5 Å². The fourth-order valence-electron chi connectivity index (χ4n) is 2.43. The van der Waals surface area contributed by atoms with Crippen molar-refractivity contribution in [3.63, 3.8) is 0 Å². The van der Waals surface area contributed by atoms with E-state index >= 15 is 0 Å². The molecule has 0 fully saturated rings. The van der Waals surface area contributed by atoms with Crippen molar-refractivity contribution in [2.45, 2.75) is 17.3 Å². The number of non-ortho nitro benzene ring substituents is 1. The van der Waals surface area contributed by atoms with E-state index in [1.807, 2.05) is 0 Å². The zero-order chi connectivity index (χ0) is 21.1. The highest BCUT2D eigenvalue weighted by atomic mass is 35.5. The number of thioether (sulfide) groups is 1. The molecule has 0 aliphatic heterocycles. The molecule has 1 atom stereocenters. The van der Waals surface area contributed by atoms with Crippen LogP contribution in [-0.2, 0) is 11.8 Å². The first-order chi connectivity index (χ1) is 13.8. The molecule has 1 unspecified atom stereocenters. The molecule has 150 valence electrons. The number of hydrogen-bond acceptors (Lipinski definition) is 6. The van der Waals surface area contributed by atoms with Crippen molar-refractivity contribution in [2.75, 3.05) is 5.32 Å². The van der Waals surface area contributed by atoms with Crippen LogP contribution >= 0.6 is 23.4 Å². The minimum atomic E-state index is -0.567. The van der Waals surface area contributed by atoms with Crippen LogP contribution in [-0.4, -0.2) is 30.8 Å². The Morgan fingerprint density at radius 1 is 1.28 bits per heavy atom. The Bertz CT molecular complexity index is 1070. The highest BCUT2D eigenvalue weighted by molar-refractivity contribution is 8.00. The maximum absolute atomic E-state index is 13.1. The third kappa shape index (κ3) is 4.72. The first-order valence-electron chi connectivity index (χ1n) is 8.33. The maximum Gasteiger partial charge on any atom is 0.271 e. The number of nitro benzene ring substituents is 1. The highest BCUT2D eigenvalue weighted by Gasteiger charge is 2.21. The number of halogens is 2. The second kappa shape index (κ2) is 8.58. The predicted octanol–water partition coefficient (Wildman–Crippen LogP) is 4.30. The molecule has 11 heteroatoms. The van der Waals surface area contributed by atoms with Crippen LogP contribution in [0.1, 0.15) is 6.92 Å². The molecule has 0 bridgehead atoms. The Balaban J connectivity index is 1.70. The summed E-state index contributed by atoms with van der Waals surface area (Å²) < 4.78 is 14.8. The number of rotatable bonds is 6. The molecule has 3 aromatic rings.